The Morgan fingerprint density at radius 3 is 2.53 bits per heavy atom. The zero-order chi connectivity index (χ0) is 23.1. The van der Waals surface area contributed by atoms with E-state index >= 15 is 0 Å². The molecule has 1 amide bonds. The molecule has 0 spiro atoms. The van der Waals surface area contributed by atoms with Crippen LogP contribution in [0.25, 0.3) is 0 Å². The lowest BCUT2D eigenvalue weighted by molar-refractivity contribution is -0.154. The van der Waals surface area contributed by atoms with E-state index in [1.165, 1.54) is 25.2 Å². The molecule has 166 valence electrons. The van der Waals surface area contributed by atoms with Crippen molar-refractivity contribution < 1.29 is 23.9 Å². The van der Waals surface area contributed by atoms with Crippen LogP contribution in [0.3, 0.4) is 0 Å². The molecular weight excluding hydrogens is 452 g/mol. The van der Waals surface area contributed by atoms with Crippen molar-refractivity contribution in [3.8, 4) is 5.75 Å². The normalized spacial score (nSPS) is 12.3. The van der Waals surface area contributed by atoms with Crippen molar-refractivity contribution in [2.75, 3.05) is 6.61 Å². The van der Waals surface area contributed by atoms with Gasteiger partial charge in [0.05, 0.1) is 6.54 Å². The van der Waals surface area contributed by atoms with Gasteiger partial charge in [0, 0.05) is 22.2 Å². The van der Waals surface area contributed by atoms with Crippen LogP contribution >= 0.6 is 22.9 Å². The van der Waals surface area contributed by atoms with E-state index in [2.05, 4.69) is 4.99 Å². The third kappa shape index (κ3) is 6.38. The Bertz CT molecular complexity index is 1180. The number of carbonyl (C=O) groups is 3. The highest BCUT2D eigenvalue weighted by atomic mass is 35.5. The van der Waals surface area contributed by atoms with E-state index < -0.39 is 24.6 Å². The lowest BCUT2D eigenvalue weighted by atomic mass is 10.1. The zero-order valence-electron chi connectivity index (χ0n) is 17.5. The van der Waals surface area contributed by atoms with Gasteiger partial charge in [-0.2, -0.15) is 4.99 Å². The number of esters is 1. The predicted octanol–water partition coefficient (Wildman–Crippen LogP) is 3.89. The summed E-state index contributed by atoms with van der Waals surface area (Å²) >= 11 is 7.49. The highest BCUT2D eigenvalue weighted by Gasteiger charge is 2.18. The summed E-state index contributed by atoms with van der Waals surface area (Å²) in [5.74, 6) is -0.939. The van der Waals surface area contributed by atoms with E-state index in [0.717, 1.165) is 5.56 Å². The van der Waals surface area contributed by atoms with Crippen molar-refractivity contribution in [2.45, 2.75) is 26.5 Å². The first kappa shape index (κ1) is 23.4. The van der Waals surface area contributed by atoms with E-state index in [-0.39, 0.29) is 5.78 Å². The number of ketones is 1. The fraction of sp³-hybridized carbons (Fsp3) is 0.217. The molecule has 2 aromatic carbocycles. The van der Waals surface area contributed by atoms with Crippen molar-refractivity contribution >= 4 is 40.6 Å². The number of hydrogen-bond donors (Lipinski definition) is 0. The molecule has 0 N–H and O–H groups in total. The molecule has 0 bridgehead atoms. The van der Waals surface area contributed by atoms with Crippen LogP contribution in [0.4, 0.5) is 0 Å². The number of hydrogen-bond acceptors (Lipinski definition) is 6. The van der Waals surface area contributed by atoms with Crippen molar-refractivity contribution in [1.29, 1.82) is 0 Å². The van der Waals surface area contributed by atoms with Gasteiger partial charge >= 0.3 is 5.97 Å². The monoisotopic (exact) mass is 472 g/mol. The summed E-state index contributed by atoms with van der Waals surface area (Å²) < 4.78 is 12.3. The van der Waals surface area contributed by atoms with E-state index in [1.54, 1.807) is 41.1 Å². The highest BCUT2D eigenvalue weighted by Crippen LogP contribution is 2.16. The number of ether oxygens (including phenoxy) is 2. The number of halogens is 1. The van der Waals surface area contributed by atoms with Crippen LogP contribution in [0.15, 0.2) is 65.1 Å². The van der Waals surface area contributed by atoms with Crippen LogP contribution in [0, 0.1) is 0 Å². The van der Waals surface area contributed by atoms with Gasteiger partial charge in [-0.25, -0.2) is 4.79 Å². The predicted molar refractivity (Wildman–Crippen MR) is 121 cm³/mol. The number of benzene rings is 2. The molecule has 0 saturated heterocycles. The molecule has 32 heavy (non-hydrogen) atoms. The maximum Gasteiger partial charge on any atom is 0.347 e. The summed E-state index contributed by atoms with van der Waals surface area (Å²) in [6, 6.07) is 13.8. The van der Waals surface area contributed by atoms with Crippen LogP contribution in [0.2, 0.25) is 5.02 Å². The molecule has 0 aliphatic carbocycles. The molecule has 9 heteroatoms. The van der Waals surface area contributed by atoms with Crippen LogP contribution in [-0.2, 0) is 20.9 Å². The fourth-order valence-electron chi connectivity index (χ4n) is 2.73. The highest BCUT2D eigenvalue weighted by molar-refractivity contribution is 7.07. The van der Waals surface area contributed by atoms with Gasteiger partial charge in [-0.05, 0) is 49.7 Å². The van der Waals surface area contributed by atoms with Gasteiger partial charge in [0.1, 0.15) is 5.75 Å². The first-order valence-corrected chi connectivity index (χ1v) is 11.0. The summed E-state index contributed by atoms with van der Waals surface area (Å²) in [7, 11) is 0. The van der Waals surface area contributed by atoms with Crippen molar-refractivity contribution in [3.05, 3.63) is 81.1 Å². The molecule has 3 aromatic rings. The van der Waals surface area contributed by atoms with Gasteiger partial charge in [-0.15, -0.1) is 11.3 Å². The lowest BCUT2D eigenvalue weighted by Crippen LogP contribution is -2.28. The van der Waals surface area contributed by atoms with E-state index in [9.17, 15) is 14.4 Å². The van der Waals surface area contributed by atoms with Crippen LogP contribution < -0.4 is 9.54 Å². The summed E-state index contributed by atoms with van der Waals surface area (Å²) in [4.78, 5) is 40.2. The zero-order valence-corrected chi connectivity index (χ0v) is 19.1. The fourth-order valence-corrected chi connectivity index (χ4v) is 3.67. The molecule has 0 unspecified atom stereocenters. The average Bonchev–Trinajstić information content (AvgIpc) is 3.20. The summed E-state index contributed by atoms with van der Waals surface area (Å²) in [6.45, 7) is 2.94. The summed E-state index contributed by atoms with van der Waals surface area (Å²) in [5.41, 5.74) is 1.44. The summed E-state index contributed by atoms with van der Waals surface area (Å²) in [5, 5.41) is 2.43. The summed E-state index contributed by atoms with van der Waals surface area (Å²) in [6.07, 6.45) is 0.872. The standard InChI is InChI=1S/C23H21ClN2O5S/c1-15(27)17-7-9-19(10-8-17)31-16(2)22(29)30-14-21(28)25-23-26(11-12-32-23)13-18-5-3-4-6-20(18)24/h3-12,16H,13-14H2,1-2H3/t16-/m1/s1. The van der Waals surface area contributed by atoms with Gasteiger partial charge in [-0.1, -0.05) is 29.8 Å². The topological polar surface area (TPSA) is 87.0 Å². The third-order valence-corrected chi connectivity index (χ3v) is 5.59. The minimum Gasteiger partial charge on any atom is -0.479 e. The maximum atomic E-state index is 12.2. The molecule has 1 heterocycles. The minimum absolute atomic E-state index is 0.0646. The number of Topliss-reactive ketones (excluding diaryl/α,β-unsaturated/α-hetero) is 1. The van der Waals surface area contributed by atoms with Gasteiger partial charge in [0.2, 0.25) is 0 Å². The van der Waals surface area contributed by atoms with Crippen molar-refractivity contribution in [3.63, 3.8) is 0 Å². The molecule has 1 atom stereocenters. The largest absolute Gasteiger partial charge is 0.479 e. The SMILES string of the molecule is CC(=O)c1ccc(O[C@H](C)C(=O)OCC(=O)N=c2sccn2Cc2ccccc2Cl)cc1. The molecule has 7 nitrogen and oxygen atoms in total. The molecule has 0 radical (unpaired) electrons. The van der Waals surface area contributed by atoms with Crippen LogP contribution in [0.5, 0.6) is 5.75 Å². The Morgan fingerprint density at radius 1 is 1.12 bits per heavy atom. The second-order valence-electron chi connectivity index (χ2n) is 6.86. The maximum absolute atomic E-state index is 12.2. The van der Waals surface area contributed by atoms with E-state index in [1.807, 2.05) is 23.6 Å². The van der Waals surface area contributed by atoms with Crippen molar-refractivity contribution in [2.24, 2.45) is 4.99 Å². The molecule has 0 aliphatic heterocycles. The smallest absolute Gasteiger partial charge is 0.347 e. The lowest BCUT2D eigenvalue weighted by Gasteiger charge is -2.13. The quantitative estimate of drug-likeness (QED) is 0.366. The molecular formula is C23H21ClN2O5S. The number of carbonyl (C=O) groups excluding carboxylic acids is 3. The molecule has 3 rings (SSSR count). The average molecular weight is 473 g/mol. The Hall–Kier alpha value is -3.23. The second-order valence-corrected chi connectivity index (χ2v) is 8.14. The first-order chi connectivity index (χ1) is 15.3. The minimum atomic E-state index is -0.933. The number of thiazole rings is 1. The molecule has 0 fully saturated rings. The number of rotatable bonds is 8. The number of aromatic nitrogens is 1. The molecule has 0 aliphatic rings. The Kier molecular flexibility index (Phi) is 7.97. The number of amides is 1. The Balaban J connectivity index is 1.56. The Labute approximate surface area is 193 Å². The molecule has 1 aromatic heterocycles. The van der Waals surface area contributed by atoms with Gasteiger partial charge in [0.25, 0.3) is 5.91 Å². The first-order valence-electron chi connectivity index (χ1n) is 9.72. The number of nitrogens with zero attached hydrogens (tertiary/aromatic N) is 2. The van der Waals surface area contributed by atoms with Crippen LogP contribution in [0.1, 0.15) is 29.8 Å². The van der Waals surface area contributed by atoms with E-state index in [4.69, 9.17) is 21.1 Å². The van der Waals surface area contributed by atoms with Crippen LogP contribution in [-0.4, -0.2) is 34.9 Å². The third-order valence-electron chi connectivity index (χ3n) is 4.42. The second kappa shape index (κ2) is 10.9. The van der Waals surface area contributed by atoms with E-state index in [0.29, 0.717) is 27.7 Å². The van der Waals surface area contributed by atoms with Crippen molar-refractivity contribution in [1.82, 2.24) is 4.57 Å². The van der Waals surface area contributed by atoms with Gasteiger partial charge in [0.15, 0.2) is 23.3 Å². The molecule has 0 saturated carbocycles. The van der Waals surface area contributed by atoms with Gasteiger partial charge < -0.3 is 14.0 Å². The Morgan fingerprint density at radius 2 is 1.84 bits per heavy atom. The van der Waals surface area contributed by atoms with Gasteiger partial charge in [-0.3, -0.25) is 9.59 Å².